The van der Waals surface area contributed by atoms with Crippen molar-refractivity contribution in [3.63, 3.8) is 0 Å². The van der Waals surface area contributed by atoms with Gasteiger partial charge in [0.1, 0.15) is 6.54 Å². The Morgan fingerprint density at radius 3 is 2.03 bits per heavy atom. The van der Waals surface area contributed by atoms with Crippen molar-refractivity contribution >= 4 is 11.9 Å². The highest BCUT2D eigenvalue weighted by molar-refractivity contribution is 5.82. The Kier molecular flexibility index (Phi) is 17.4. The SMILES string of the molecule is CCCCCCC(O)CCCCCCCCC=CC(=O)OC(CC(=O)[O-])C[N+](C)(C)C. The molecule has 0 heterocycles. The van der Waals surface area contributed by atoms with Crippen LogP contribution >= 0.6 is 0 Å². The summed E-state index contributed by atoms with van der Waals surface area (Å²) >= 11 is 0. The second-order valence-electron chi connectivity index (χ2n) is 9.71. The van der Waals surface area contributed by atoms with Crippen LogP contribution in [0, 0.1) is 0 Å². The minimum Gasteiger partial charge on any atom is -0.550 e. The third-order valence-corrected chi connectivity index (χ3v) is 5.23. The number of carboxylic acids is 1. The number of hydrogen-bond acceptors (Lipinski definition) is 5. The molecular weight excluding hydrogens is 394 g/mol. The predicted molar refractivity (Wildman–Crippen MR) is 123 cm³/mol. The molecule has 0 saturated heterocycles. The summed E-state index contributed by atoms with van der Waals surface area (Å²) < 4.78 is 5.79. The summed E-state index contributed by atoms with van der Waals surface area (Å²) in [5.74, 6) is -1.70. The van der Waals surface area contributed by atoms with Crippen LogP contribution in [-0.4, -0.2) is 61.4 Å². The molecule has 0 bridgehead atoms. The fourth-order valence-corrected chi connectivity index (χ4v) is 3.62. The standard InChI is InChI=1S/C25H47NO5/c1-5-6-7-14-17-22(27)18-15-12-10-8-9-11-13-16-19-25(30)31-23(20-24(28)29)21-26(2,3)4/h16,19,22-23,27H,5-15,17-18,20-21H2,1-4H3. The molecule has 6 heteroatoms. The molecule has 0 aromatic carbocycles. The molecule has 2 atom stereocenters. The van der Waals surface area contributed by atoms with Crippen LogP contribution in [0.2, 0.25) is 0 Å². The molecule has 2 unspecified atom stereocenters. The number of carboxylic acid groups (broad SMARTS) is 1. The topological polar surface area (TPSA) is 86.7 Å². The highest BCUT2D eigenvalue weighted by Gasteiger charge is 2.21. The molecule has 0 fully saturated rings. The van der Waals surface area contributed by atoms with E-state index < -0.39 is 18.0 Å². The maximum Gasteiger partial charge on any atom is 0.330 e. The first kappa shape index (κ1) is 29.6. The monoisotopic (exact) mass is 441 g/mol. The van der Waals surface area contributed by atoms with Crippen LogP contribution in [0.25, 0.3) is 0 Å². The Morgan fingerprint density at radius 2 is 1.48 bits per heavy atom. The number of carbonyl (C=O) groups is 2. The van der Waals surface area contributed by atoms with Crippen molar-refractivity contribution in [3.05, 3.63) is 12.2 Å². The number of nitrogens with zero attached hydrogens (tertiary/aromatic N) is 1. The molecule has 0 spiro atoms. The largest absolute Gasteiger partial charge is 0.550 e. The number of aliphatic carboxylic acids is 1. The Bertz CT molecular complexity index is 499. The van der Waals surface area contributed by atoms with E-state index in [0.29, 0.717) is 11.0 Å². The Labute approximate surface area is 190 Å². The molecule has 6 nitrogen and oxygen atoms in total. The van der Waals surface area contributed by atoms with Crippen LogP contribution in [0.4, 0.5) is 0 Å². The molecule has 0 aliphatic carbocycles. The van der Waals surface area contributed by atoms with Gasteiger partial charge in [0.05, 0.1) is 27.2 Å². The van der Waals surface area contributed by atoms with Crippen LogP contribution in [0.5, 0.6) is 0 Å². The highest BCUT2D eigenvalue weighted by Crippen LogP contribution is 2.14. The first-order valence-corrected chi connectivity index (χ1v) is 12.2. The van der Waals surface area contributed by atoms with Crippen LogP contribution in [0.3, 0.4) is 0 Å². The van der Waals surface area contributed by atoms with Gasteiger partial charge in [0, 0.05) is 18.5 Å². The van der Waals surface area contributed by atoms with Crippen molar-refractivity contribution < 1.29 is 29.0 Å². The van der Waals surface area contributed by atoms with E-state index in [-0.39, 0.29) is 12.5 Å². The predicted octanol–water partition coefficient (Wildman–Crippen LogP) is 3.75. The highest BCUT2D eigenvalue weighted by atomic mass is 16.5. The van der Waals surface area contributed by atoms with Crippen molar-refractivity contribution in [2.24, 2.45) is 0 Å². The summed E-state index contributed by atoms with van der Waals surface area (Å²) in [5.41, 5.74) is 0. The van der Waals surface area contributed by atoms with Gasteiger partial charge in [0.25, 0.3) is 0 Å². The van der Waals surface area contributed by atoms with E-state index in [9.17, 15) is 19.8 Å². The molecule has 0 aromatic heterocycles. The lowest BCUT2D eigenvalue weighted by Crippen LogP contribution is -2.45. The molecule has 0 radical (unpaired) electrons. The summed E-state index contributed by atoms with van der Waals surface area (Å²) in [7, 11) is 5.76. The lowest BCUT2D eigenvalue weighted by atomic mass is 10.0. The van der Waals surface area contributed by atoms with E-state index in [2.05, 4.69) is 6.92 Å². The summed E-state index contributed by atoms with van der Waals surface area (Å²) in [4.78, 5) is 22.8. The molecule has 31 heavy (non-hydrogen) atoms. The number of aliphatic hydroxyl groups excluding tert-OH is 1. The Balaban J connectivity index is 3.76. The maximum absolute atomic E-state index is 11.9. The number of carbonyl (C=O) groups excluding carboxylic acids is 2. The fourth-order valence-electron chi connectivity index (χ4n) is 3.62. The third-order valence-electron chi connectivity index (χ3n) is 5.23. The molecule has 0 aliphatic heterocycles. The number of quaternary nitrogens is 1. The third kappa shape index (κ3) is 21.6. The van der Waals surface area contributed by atoms with E-state index in [1.165, 1.54) is 44.6 Å². The fraction of sp³-hybridized carbons (Fsp3) is 0.840. The molecule has 0 aromatic rings. The Hall–Kier alpha value is -1.40. The van der Waals surface area contributed by atoms with Gasteiger partial charge in [0.2, 0.25) is 0 Å². The van der Waals surface area contributed by atoms with Gasteiger partial charge in [-0.3, -0.25) is 0 Å². The molecule has 0 aliphatic rings. The number of likely N-dealkylation sites (N-methyl/N-ethyl adjacent to an activating group) is 1. The van der Waals surface area contributed by atoms with Crippen LogP contribution in [-0.2, 0) is 14.3 Å². The zero-order chi connectivity index (χ0) is 23.5. The minimum absolute atomic E-state index is 0.129. The van der Waals surface area contributed by atoms with Gasteiger partial charge in [-0.05, 0) is 25.7 Å². The normalized spacial score (nSPS) is 14.0. The van der Waals surface area contributed by atoms with Gasteiger partial charge in [0.15, 0.2) is 6.10 Å². The second-order valence-corrected chi connectivity index (χ2v) is 9.71. The zero-order valence-corrected chi connectivity index (χ0v) is 20.4. The van der Waals surface area contributed by atoms with Crippen LogP contribution < -0.4 is 5.11 Å². The van der Waals surface area contributed by atoms with Crippen molar-refractivity contribution in [2.45, 2.75) is 109 Å². The van der Waals surface area contributed by atoms with E-state index >= 15 is 0 Å². The first-order chi connectivity index (χ1) is 14.6. The molecule has 182 valence electrons. The molecule has 0 saturated carbocycles. The van der Waals surface area contributed by atoms with Crippen molar-refractivity contribution in [1.29, 1.82) is 0 Å². The zero-order valence-electron chi connectivity index (χ0n) is 20.4. The van der Waals surface area contributed by atoms with Crippen LogP contribution in [0.15, 0.2) is 12.2 Å². The number of rotatable bonds is 20. The molecule has 0 rings (SSSR count). The maximum atomic E-state index is 11.9. The van der Waals surface area contributed by atoms with Gasteiger partial charge in [-0.25, -0.2) is 4.79 Å². The lowest BCUT2D eigenvalue weighted by Gasteiger charge is -2.29. The smallest absolute Gasteiger partial charge is 0.330 e. The van der Waals surface area contributed by atoms with Crippen LogP contribution in [0.1, 0.15) is 96.8 Å². The number of unbranched alkanes of at least 4 members (excludes halogenated alkanes) is 9. The average molecular weight is 442 g/mol. The minimum atomic E-state index is -1.21. The first-order valence-electron chi connectivity index (χ1n) is 12.2. The van der Waals surface area contributed by atoms with Gasteiger partial charge in [-0.2, -0.15) is 0 Å². The number of hydrogen-bond donors (Lipinski definition) is 1. The van der Waals surface area contributed by atoms with Gasteiger partial charge in [-0.15, -0.1) is 0 Å². The number of aliphatic hydroxyl groups is 1. The second kappa shape index (κ2) is 18.2. The quantitative estimate of drug-likeness (QED) is 0.135. The van der Waals surface area contributed by atoms with Crippen molar-refractivity contribution in [3.8, 4) is 0 Å². The van der Waals surface area contributed by atoms with E-state index in [0.717, 1.165) is 44.9 Å². The van der Waals surface area contributed by atoms with Gasteiger partial charge >= 0.3 is 5.97 Å². The molecule has 1 N–H and O–H groups in total. The molecule has 0 amide bonds. The van der Waals surface area contributed by atoms with E-state index in [4.69, 9.17) is 4.74 Å². The summed E-state index contributed by atoms with van der Waals surface area (Å²) in [6.07, 6.45) is 16.4. The number of esters is 1. The van der Waals surface area contributed by atoms with E-state index in [1.54, 1.807) is 6.08 Å². The average Bonchev–Trinajstić information content (AvgIpc) is 2.64. The van der Waals surface area contributed by atoms with E-state index in [1.807, 2.05) is 21.1 Å². The summed E-state index contributed by atoms with van der Waals surface area (Å²) in [5, 5.41) is 20.8. The number of ether oxygens (including phenoxy) is 1. The number of allylic oxidation sites excluding steroid dienone is 1. The summed E-state index contributed by atoms with van der Waals surface area (Å²) in [6.45, 7) is 2.62. The lowest BCUT2D eigenvalue weighted by molar-refractivity contribution is -0.873. The van der Waals surface area contributed by atoms with Crippen molar-refractivity contribution in [1.82, 2.24) is 0 Å². The van der Waals surface area contributed by atoms with Gasteiger partial charge in [-0.1, -0.05) is 70.8 Å². The summed E-state index contributed by atoms with van der Waals surface area (Å²) in [6, 6.07) is 0. The Morgan fingerprint density at radius 1 is 0.935 bits per heavy atom. The van der Waals surface area contributed by atoms with Gasteiger partial charge < -0.3 is 24.2 Å². The molecular formula is C25H47NO5. The van der Waals surface area contributed by atoms with Crippen molar-refractivity contribution in [2.75, 3.05) is 27.7 Å².